The third-order valence-corrected chi connectivity index (χ3v) is 4.80. The molecule has 1 fully saturated rings. The second kappa shape index (κ2) is 6.18. The van der Waals surface area contributed by atoms with Gasteiger partial charge in [-0.15, -0.1) is 0 Å². The van der Waals surface area contributed by atoms with Gasteiger partial charge in [-0.1, -0.05) is 43.7 Å². The fourth-order valence-corrected chi connectivity index (χ4v) is 3.34. The lowest BCUT2D eigenvalue weighted by atomic mass is 9.74. The Morgan fingerprint density at radius 2 is 2.14 bits per heavy atom. The molecule has 3 atom stereocenters. The summed E-state index contributed by atoms with van der Waals surface area (Å²) in [5.74, 6) is 0.163. The van der Waals surface area contributed by atoms with Crippen LogP contribution in [-0.2, 0) is 15.1 Å². The quantitative estimate of drug-likeness (QED) is 0.798. The molecule has 1 aliphatic heterocycles. The maximum Gasteiger partial charge on any atom is 0.306 e. The Kier molecular flexibility index (Phi) is 4.72. The molecule has 0 unspecified atom stereocenters. The van der Waals surface area contributed by atoms with Gasteiger partial charge in [0.1, 0.15) is 5.60 Å². The minimum atomic E-state index is -0.495. The number of piperidine rings is 1. The summed E-state index contributed by atoms with van der Waals surface area (Å²) in [6.45, 7) is 9.27. The van der Waals surface area contributed by atoms with Crippen molar-refractivity contribution in [2.75, 3.05) is 13.6 Å². The molecule has 0 spiro atoms. The lowest BCUT2D eigenvalue weighted by molar-refractivity contribution is -0.177. The van der Waals surface area contributed by atoms with Gasteiger partial charge in [0.15, 0.2) is 0 Å². The Bertz CT molecular complexity index is 514. The number of esters is 1. The van der Waals surface area contributed by atoms with Crippen LogP contribution in [0, 0.1) is 12.8 Å². The van der Waals surface area contributed by atoms with Crippen LogP contribution in [-0.4, -0.2) is 30.5 Å². The fourth-order valence-electron chi connectivity index (χ4n) is 3.34. The van der Waals surface area contributed by atoms with Crippen molar-refractivity contribution in [3.63, 3.8) is 0 Å². The van der Waals surface area contributed by atoms with Gasteiger partial charge in [-0.05, 0) is 26.5 Å². The Labute approximate surface area is 128 Å². The van der Waals surface area contributed by atoms with Crippen LogP contribution in [0.5, 0.6) is 0 Å². The molecule has 1 heterocycles. The van der Waals surface area contributed by atoms with Crippen molar-refractivity contribution in [1.82, 2.24) is 4.90 Å². The molecule has 0 N–H and O–H groups in total. The monoisotopic (exact) mass is 289 g/mol. The summed E-state index contributed by atoms with van der Waals surface area (Å²) in [4.78, 5) is 14.4. The summed E-state index contributed by atoms with van der Waals surface area (Å²) < 4.78 is 6.03. The van der Waals surface area contributed by atoms with Crippen LogP contribution >= 0.6 is 0 Å². The molecular formula is C18H27NO2. The third kappa shape index (κ3) is 3.13. The Hall–Kier alpha value is -1.35. The molecule has 3 nitrogen and oxygen atoms in total. The number of hydrogen-bond donors (Lipinski definition) is 0. The Morgan fingerprint density at radius 3 is 2.76 bits per heavy atom. The van der Waals surface area contributed by atoms with Crippen molar-refractivity contribution in [2.45, 2.75) is 52.2 Å². The summed E-state index contributed by atoms with van der Waals surface area (Å²) in [7, 11) is 2.14. The molecule has 0 aliphatic carbocycles. The number of carbonyl (C=O) groups is 1. The van der Waals surface area contributed by atoms with Gasteiger partial charge in [0.25, 0.3) is 0 Å². The maximum atomic E-state index is 12.0. The van der Waals surface area contributed by atoms with E-state index in [9.17, 15) is 4.79 Å². The zero-order valence-corrected chi connectivity index (χ0v) is 13.8. The van der Waals surface area contributed by atoms with Crippen LogP contribution in [0.15, 0.2) is 24.3 Å². The first-order valence-corrected chi connectivity index (χ1v) is 7.88. The minimum absolute atomic E-state index is 0.111. The van der Waals surface area contributed by atoms with E-state index in [0.717, 1.165) is 18.5 Å². The highest BCUT2D eigenvalue weighted by Crippen LogP contribution is 2.43. The number of rotatable bonds is 3. The van der Waals surface area contributed by atoms with Crippen molar-refractivity contribution >= 4 is 5.97 Å². The molecule has 3 heteroatoms. The lowest BCUT2D eigenvalue weighted by Crippen LogP contribution is -2.53. The molecule has 21 heavy (non-hydrogen) atoms. The van der Waals surface area contributed by atoms with E-state index in [1.165, 1.54) is 5.56 Å². The highest BCUT2D eigenvalue weighted by molar-refractivity contribution is 5.69. The van der Waals surface area contributed by atoms with Crippen molar-refractivity contribution in [3.8, 4) is 0 Å². The zero-order valence-electron chi connectivity index (χ0n) is 13.8. The van der Waals surface area contributed by atoms with Gasteiger partial charge in [0, 0.05) is 31.3 Å². The van der Waals surface area contributed by atoms with Crippen molar-refractivity contribution in [2.24, 2.45) is 5.92 Å². The van der Waals surface area contributed by atoms with E-state index in [4.69, 9.17) is 4.74 Å². The van der Waals surface area contributed by atoms with Gasteiger partial charge in [-0.3, -0.25) is 4.79 Å². The van der Waals surface area contributed by atoms with Crippen LogP contribution in [0.4, 0.5) is 0 Å². The van der Waals surface area contributed by atoms with Crippen LogP contribution in [0.25, 0.3) is 0 Å². The third-order valence-electron chi connectivity index (χ3n) is 4.80. The van der Waals surface area contributed by atoms with Crippen molar-refractivity contribution in [1.29, 1.82) is 0 Å². The number of nitrogens with zero attached hydrogens (tertiary/aromatic N) is 1. The molecule has 2 rings (SSSR count). The SMILES string of the molecule is CCC(=O)O[C@]1(c2cccc(C)c2)C[C@@H](C)N(C)C[C@@H]1C. The Balaban J connectivity index is 2.46. The van der Waals surface area contributed by atoms with Crippen molar-refractivity contribution < 1.29 is 9.53 Å². The summed E-state index contributed by atoms with van der Waals surface area (Å²) in [6.07, 6.45) is 1.27. The maximum absolute atomic E-state index is 12.0. The van der Waals surface area contributed by atoms with E-state index in [-0.39, 0.29) is 11.9 Å². The molecule has 0 amide bonds. The van der Waals surface area contributed by atoms with Crippen molar-refractivity contribution in [3.05, 3.63) is 35.4 Å². The van der Waals surface area contributed by atoms with Gasteiger partial charge in [-0.2, -0.15) is 0 Å². The van der Waals surface area contributed by atoms with Gasteiger partial charge in [0.2, 0.25) is 0 Å². The standard InChI is InChI=1S/C18H27NO2/c1-6-17(20)21-18(16-9-7-8-13(2)10-16)11-15(4)19(5)12-14(18)3/h7-10,14-15H,6,11-12H2,1-5H3/t14-,15+,18+/m0/s1. The summed E-state index contributed by atoms with van der Waals surface area (Å²) >= 11 is 0. The van der Waals surface area contributed by atoms with Gasteiger partial charge in [0.05, 0.1) is 0 Å². The van der Waals surface area contributed by atoms with E-state index in [0.29, 0.717) is 12.5 Å². The number of ether oxygens (including phenoxy) is 1. The molecule has 1 aliphatic rings. The van der Waals surface area contributed by atoms with E-state index < -0.39 is 5.60 Å². The first-order valence-electron chi connectivity index (χ1n) is 7.88. The van der Waals surface area contributed by atoms with E-state index >= 15 is 0 Å². The molecule has 0 aromatic heterocycles. The normalized spacial score (nSPS) is 30.1. The van der Waals surface area contributed by atoms with Crippen LogP contribution < -0.4 is 0 Å². The van der Waals surface area contributed by atoms with Crippen LogP contribution in [0.2, 0.25) is 0 Å². The van der Waals surface area contributed by atoms with Crippen LogP contribution in [0.1, 0.15) is 44.7 Å². The van der Waals surface area contributed by atoms with Gasteiger partial charge in [-0.25, -0.2) is 0 Å². The summed E-state index contributed by atoms with van der Waals surface area (Å²) in [5.41, 5.74) is 1.85. The molecule has 1 aromatic carbocycles. The van der Waals surface area contributed by atoms with Crippen LogP contribution in [0.3, 0.4) is 0 Å². The number of benzene rings is 1. The molecular weight excluding hydrogens is 262 g/mol. The molecule has 1 saturated heterocycles. The highest BCUT2D eigenvalue weighted by Gasteiger charge is 2.47. The predicted molar refractivity (Wildman–Crippen MR) is 85.1 cm³/mol. The molecule has 0 saturated carbocycles. The average Bonchev–Trinajstić information content (AvgIpc) is 2.44. The Morgan fingerprint density at radius 1 is 1.43 bits per heavy atom. The minimum Gasteiger partial charge on any atom is -0.454 e. The van der Waals surface area contributed by atoms with E-state index in [1.54, 1.807) is 0 Å². The number of likely N-dealkylation sites (tertiary alicyclic amines) is 1. The van der Waals surface area contributed by atoms with Gasteiger partial charge >= 0.3 is 5.97 Å². The largest absolute Gasteiger partial charge is 0.454 e. The number of hydrogen-bond acceptors (Lipinski definition) is 3. The summed E-state index contributed by atoms with van der Waals surface area (Å²) in [5, 5.41) is 0. The van der Waals surface area contributed by atoms with E-state index in [1.807, 2.05) is 6.92 Å². The van der Waals surface area contributed by atoms with Gasteiger partial charge < -0.3 is 9.64 Å². The topological polar surface area (TPSA) is 29.5 Å². The first-order chi connectivity index (χ1) is 9.89. The zero-order chi connectivity index (χ0) is 15.6. The lowest BCUT2D eigenvalue weighted by Gasteiger charge is -2.48. The molecule has 0 bridgehead atoms. The first kappa shape index (κ1) is 16.0. The molecule has 0 radical (unpaired) electrons. The highest BCUT2D eigenvalue weighted by atomic mass is 16.6. The van der Waals surface area contributed by atoms with E-state index in [2.05, 4.69) is 57.0 Å². The average molecular weight is 289 g/mol. The predicted octanol–water partition coefficient (Wildman–Crippen LogP) is 3.50. The fraction of sp³-hybridized carbons (Fsp3) is 0.611. The molecule has 1 aromatic rings. The second-order valence-electron chi connectivity index (χ2n) is 6.48. The smallest absolute Gasteiger partial charge is 0.306 e. The summed E-state index contributed by atoms with van der Waals surface area (Å²) in [6, 6.07) is 8.80. The number of aryl methyl sites for hydroxylation is 1. The second-order valence-corrected chi connectivity index (χ2v) is 6.48. The number of carbonyl (C=O) groups excluding carboxylic acids is 1. The molecule has 116 valence electrons.